The zero-order chi connectivity index (χ0) is 20.7. The number of nitrogens with one attached hydrogen (secondary N) is 1. The monoisotopic (exact) mass is 409 g/mol. The summed E-state index contributed by atoms with van der Waals surface area (Å²) in [4.78, 5) is 18.1. The Hall–Kier alpha value is -2.81. The number of aldehydes is 1. The van der Waals surface area contributed by atoms with E-state index in [0.717, 1.165) is 61.3 Å². The largest absolute Gasteiger partial charge is 0.374 e. The first-order chi connectivity index (χ1) is 14.7. The number of nitrogens with zero attached hydrogens (tertiary/aromatic N) is 4. The zero-order valence-corrected chi connectivity index (χ0v) is 16.5. The van der Waals surface area contributed by atoms with Crippen LogP contribution in [0.25, 0.3) is 10.9 Å². The molecule has 0 radical (unpaired) electrons. The average Bonchev–Trinajstić information content (AvgIpc) is 3.31. The van der Waals surface area contributed by atoms with E-state index in [9.17, 15) is 14.3 Å². The van der Waals surface area contributed by atoms with E-state index >= 15 is 0 Å². The van der Waals surface area contributed by atoms with E-state index in [1.807, 2.05) is 29.2 Å². The summed E-state index contributed by atoms with van der Waals surface area (Å²) in [6.07, 6.45) is 0.173. The van der Waals surface area contributed by atoms with Crippen LogP contribution in [0.5, 0.6) is 0 Å². The van der Waals surface area contributed by atoms with Crippen LogP contribution in [0.3, 0.4) is 0 Å². The quantitative estimate of drug-likeness (QED) is 0.629. The van der Waals surface area contributed by atoms with Crippen LogP contribution in [0.4, 0.5) is 10.2 Å². The van der Waals surface area contributed by atoms with Crippen molar-refractivity contribution in [1.82, 2.24) is 20.0 Å². The van der Waals surface area contributed by atoms with Crippen LogP contribution in [-0.4, -0.2) is 70.7 Å². The van der Waals surface area contributed by atoms with Crippen LogP contribution in [0.2, 0.25) is 0 Å². The maximum Gasteiger partial charge on any atom is 0.158 e. The van der Waals surface area contributed by atoms with E-state index in [1.165, 1.54) is 12.1 Å². The number of piperazine rings is 1. The van der Waals surface area contributed by atoms with Crippen molar-refractivity contribution in [3.8, 4) is 0 Å². The zero-order valence-electron chi connectivity index (χ0n) is 16.5. The van der Waals surface area contributed by atoms with Crippen molar-refractivity contribution in [2.75, 3.05) is 44.2 Å². The molecule has 0 spiro atoms. The standard InChI is InChI=1S/C22H24FN5O2/c23-15-5-6-18-19(13-15)24-25-21(18)27-10-7-26(8-11-27)9-12-28-20(14-29)16-3-1-2-4-17(16)22(28)30/h1-6,13-14,20,22,30H,7-12H2,(H,24,25). The van der Waals surface area contributed by atoms with Gasteiger partial charge in [0.1, 0.15) is 18.3 Å². The summed E-state index contributed by atoms with van der Waals surface area (Å²) in [6.45, 7) is 4.74. The Balaban J connectivity index is 1.20. The van der Waals surface area contributed by atoms with Gasteiger partial charge in [0.2, 0.25) is 0 Å². The molecule has 0 saturated carbocycles. The number of fused-ring (bicyclic) bond motifs is 2. The topological polar surface area (TPSA) is 75.7 Å². The summed E-state index contributed by atoms with van der Waals surface area (Å²) >= 11 is 0. The van der Waals surface area contributed by atoms with Crippen molar-refractivity contribution >= 4 is 23.0 Å². The highest BCUT2D eigenvalue weighted by Gasteiger charge is 2.37. The van der Waals surface area contributed by atoms with Crippen molar-refractivity contribution in [1.29, 1.82) is 0 Å². The summed E-state index contributed by atoms with van der Waals surface area (Å²) in [7, 11) is 0. The van der Waals surface area contributed by atoms with E-state index in [4.69, 9.17) is 0 Å². The summed E-state index contributed by atoms with van der Waals surface area (Å²) in [5.74, 6) is 0.582. The second kappa shape index (κ2) is 7.79. The van der Waals surface area contributed by atoms with Crippen molar-refractivity contribution < 1.29 is 14.3 Å². The number of aromatic nitrogens is 2. The molecule has 1 fully saturated rings. The lowest BCUT2D eigenvalue weighted by molar-refractivity contribution is -0.116. The highest BCUT2D eigenvalue weighted by atomic mass is 19.1. The molecule has 2 aliphatic rings. The molecule has 2 N–H and O–H groups in total. The fraction of sp³-hybridized carbons (Fsp3) is 0.364. The Kier molecular flexibility index (Phi) is 4.98. The van der Waals surface area contributed by atoms with Crippen LogP contribution in [0, 0.1) is 5.82 Å². The molecule has 5 rings (SSSR count). The minimum absolute atomic E-state index is 0.276. The maximum atomic E-state index is 13.4. The van der Waals surface area contributed by atoms with Gasteiger partial charge in [-0.25, -0.2) is 4.39 Å². The molecule has 3 aromatic rings. The molecule has 0 aliphatic carbocycles. The highest BCUT2D eigenvalue weighted by molar-refractivity contribution is 5.90. The summed E-state index contributed by atoms with van der Waals surface area (Å²) in [5, 5.41) is 18.9. The highest BCUT2D eigenvalue weighted by Crippen LogP contribution is 2.39. The number of aliphatic hydroxyl groups excluding tert-OH is 1. The molecular weight excluding hydrogens is 385 g/mol. The molecule has 156 valence electrons. The summed E-state index contributed by atoms with van der Waals surface area (Å²) < 4.78 is 13.4. The lowest BCUT2D eigenvalue weighted by Crippen LogP contribution is -2.48. The van der Waals surface area contributed by atoms with Gasteiger partial charge in [-0.2, -0.15) is 5.10 Å². The van der Waals surface area contributed by atoms with Gasteiger partial charge in [-0.15, -0.1) is 0 Å². The predicted octanol–water partition coefficient (Wildman–Crippen LogP) is 2.07. The SMILES string of the molecule is O=CC1c2ccccc2C(O)N1CCN1CCN(c2n[nH]c3cc(F)ccc23)CC1. The first-order valence-corrected chi connectivity index (χ1v) is 10.2. The molecule has 1 aromatic heterocycles. The van der Waals surface area contributed by atoms with Crippen LogP contribution in [-0.2, 0) is 4.79 Å². The lowest BCUT2D eigenvalue weighted by atomic mass is 10.1. The fourth-order valence-electron chi connectivity index (χ4n) is 4.60. The molecular formula is C22H24FN5O2. The Morgan fingerprint density at radius 1 is 1.10 bits per heavy atom. The second-order valence-corrected chi connectivity index (χ2v) is 7.89. The van der Waals surface area contributed by atoms with E-state index in [-0.39, 0.29) is 5.82 Å². The minimum atomic E-state index is -0.742. The molecule has 1 saturated heterocycles. The van der Waals surface area contributed by atoms with E-state index in [0.29, 0.717) is 12.1 Å². The van der Waals surface area contributed by atoms with Crippen LogP contribution < -0.4 is 4.90 Å². The van der Waals surface area contributed by atoms with Crippen molar-refractivity contribution in [3.05, 3.63) is 59.4 Å². The van der Waals surface area contributed by atoms with Crippen LogP contribution >= 0.6 is 0 Å². The normalized spacial score (nSPS) is 22.5. The Bertz CT molecular complexity index is 1060. The van der Waals surface area contributed by atoms with Crippen molar-refractivity contribution in [3.63, 3.8) is 0 Å². The van der Waals surface area contributed by atoms with Gasteiger partial charge in [0.25, 0.3) is 0 Å². The Morgan fingerprint density at radius 3 is 2.63 bits per heavy atom. The van der Waals surface area contributed by atoms with Crippen LogP contribution in [0.1, 0.15) is 23.4 Å². The van der Waals surface area contributed by atoms with Gasteiger partial charge in [0.15, 0.2) is 5.82 Å². The van der Waals surface area contributed by atoms with Gasteiger partial charge in [-0.3, -0.25) is 14.9 Å². The van der Waals surface area contributed by atoms with E-state index < -0.39 is 12.3 Å². The second-order valence-electron chi connectivity index (χ2n) is 7.89. The van der Waals surface area contributed by atoms with Crippen molar-refractivity contribution in [2.45, 2.75) is 12.3 Å². The number of hydrogen-bond acceptors (Lipinski definition) is 6. The Morgan fingerprint density at radius 2 is 1.87 bits per heavy atom. The number of anilines is 1. The predicted molar refractivity (Wildman–Crippen MR) is 112 cm³/mol. The molecule has 8 heteroatoms. The van der Waals surface area contributed by atoms with E-state index in [2.05, 4.69) is 20.0 Å². The molecule has 2 aromatic carbocycles. The molecule has 3 heterocycles. The first kappa shape index (κ1) is 19.2. The summed E-state index contributed by atoms with van der Waals surface area (Å²) in [6, 6.07) is 11.9. The van der Waals surface area contributed by atoms with E-state index in [1.54, 1.807) is 6.07 Å². The van der Waals surface area contributed by atoms with Crippen LogP contribution in [0.15, 0.2) is 42.5 Å². The minimum Gasteiger partial charge on any atom is -0.374 e. The first-order valence-electron chi connectivity index (χ1n) is 10.2. The smallest absolute Gasteiger partial charge is 0.158 e. The third-order valence-electron chi connectivity index (χ3n) is 6.24. The lowest BCUT2D eigenvalue weighted by Gasteiger charge is -2.36. The molecule has 30 heavy (non-hydrogen) atoms. The molecule has 2 aliphatic heterocycles. The number of hydrogen-bond donors (Lipinski definition) is 2. The van der Waals surface area contributed by atoms with Gasteiger partial charge in [0.05, 0.1) is 11.6 Å². The van der Waals surface area contributed by atoms with Gasteiger partial charge in [0, 0.05) is 50.2 Å². The fourth-order valence-corrected chi connectivity index (χ4v) is 4.60. The Labute approximate surface area is 173 Å². The molecule has 7 nitrogen and oxygen atoms in total. The average molecular weight is 409 g/mol. The third-order valence-corrected chi connectivity index (χ3v) is 6.24. The van der Waals surface area contributed by atoms with Gasteiger partial charge in [-0.05, 0) is 23.8 Å². The molecule has 0 amide bonds. The van der Waals surface area contributed by atoms with Crippen molar-refractivity contribution in [2.24, 2.45) is 0 Å². The number of rotatable bonds is 5. The number of carbonyl (C=O) groups is 1. The molecule has 0 bridgehead atoms. The number of aliphatic hydroxyl groups is 1. The number of H-pyrrole nitrogens is 1. The van der Waals surface area contributed by atoms with Gasteiger partial charge in [-0.1, -0.05) is 24.3 Å². The number of aromatic amines is 1. The third kappa shape index (κ3) is 3.27. The molecule has 2 unspecified atom stereocenters. The number of halogens is 1. The van der Waals surface area contributed by atoms with Gasteiger partial charge >= 0.3 is 0 Å². The summed E-state index contributed by atoms with van der Waals surface area (Å²) in [5.41, 5.74) is 2.42. The number of benzene rings is 2. The van der Waals surface area contributed by atoms with Gasteiger partial charge < -0.3 is 14.8 Å². The molecule has 2 atom stereocenters. The maximum absolute atomic E-state index is 13.4. The number of carbonyl (C=O) groups excluding carboxylic acids is 1.